The van der Waals surface area contributed by atoms with E-state index >= 15 is 0 Å². The summed E-state index contributed by atoms with van der Waals surface area (Å²) in [6.07, 6.45) is -2.12. The molecule has 12 heteroatoms. The summed E-state index contributed by atoms with van der Waals surface area (Å²) in [5.74, 6) is -2.50. The number of anilines is 1. The van der Waals surface area contributed by atoms with E-state index in [2.05, 4.69) is 10.2 Å². The third kappa shape index (κ3) is 5.30. The van der Waals surface area contributed by atoms with E-state index in [1.807, 2.05) is 0 Å². The first-order chi connectivity index (χ1) is 16.2. The Morgan fingerprint density at radius 1 is 1.12 bits per heavy atom. The lowest BCUT2D eigenvalue weighted by Gasteiger charge is -2.29. The summed E-state index contributed by atoms with van der Waals surface area (Å²) in [6, 6.07) is 7.60. The highest BCUT2D eigenvalue weighted by Gasteiger charge is 2.30. The zero-order valence-corrected chi connectivity index (χ0v) is 19.1. The molecule has 3 aromatic rings. The topological polar surface area (TPSA) is 76.3 Å². The molecule has 1 amide bonds. The zero-order chi connectivity index (χ0) is 24.4. The predicted molar refractivity (Wildman–Crippen MR) is 118 cm³/mol. The van der Waals surface area contributed by atoms with Crippen LogP contribution in [0.5, 0.6) is 0 Å². The van der Waals surface area contributed by atoms with Crippen LogP contribution in [0.3, 0.4) is 0 Å². The molecular formula is C22H18ClF4N3O3S. The minimum atomic E-state index is -2.95. The van der Waals surface area contributed by atoms with E-state index in [0.29, 0.717) is 24.3 Å². The Morgan fingerprint density at radius 3 is 2.47 bits per heavy atom. The predicted octanol–water partition coefficient (Wildman–Crippen LogP) is 5.30. The van der Waals surface area contributed by atoms with Crippen LogP contribution in [0, 0.1) is 17.6 Å². The lowest BCUT2D eigenvalue weighted by molar-refractivity contribution is -0.122. The number of carbonyl (C=O) groups excluding carboxylic acids is 1. The summed E-state index contributed by atoms with van der Waals surface area (Å²) in [5, 5.41) is 6.53. The molecule has 2 aromatic carbocycles. The summed E-state index contributed by atoms with van der Waals surface area (Å²) < 4.78 is 70.6. The summed E-state index contributed by atoms with van der Waals surface area (Å²) >= 11 is 5.91. The number of halogens is 5. The van der Waals surface area contributed by atoms with E-state index in [4.69, 9.17) is 16.0 Å². The summed E-state index contributed by atoms with van der Waals surface area (Å²) in [5.41, 5.74) is 0.494. The highest BCUT2D eigenvalue weighted by molar-refractivity contribution is 7.85. The smallest absolute Gasteiger partial charge is 0.314 e. The first kappa shape index (κ1) is 24.3. The average molecular weight is 516 g/mol. The minimum absolute atomic E-state index is 0.0955. The van der Waals surface area contributed by atoms with Crippen molar-refractivity contribution in [3.05, 3.63) is 64.5 Å². The van der Waals surface area contributed by atoms with Gasteiger partial charge in [0.15, 0.2) is 0 Å². The van der Waals surface area contributed by atoms with Crippen molar-refractivity contribution in [1.82, 2.24) is 10.2 Å². The van der Waals surface area contributed by atoms with Gasteiger partial charge < -0.3 is 9.32 Å². The number of amides is 1. The van der Waals surface area contributed by atoms with Gasteiger partial charge in [-0.05, 0) is 43.2 Å². The quantitative estimate of drug-likeness (QED) is 0.416. The van der Waals surface area contributed by atoms with Crippen molar-refractivity contribution >= 4 is 34.0 Å². The van der Waals surface area contributed by atoms with Crippen LogP contribution in [-0.2, 0) is 22.1 Å². The van der Waals surface area contributed by atoms with Crippen molar-refractivity contribution in [1.29, 1.82) is 0 Å². The lowest BCUT2D eigenvalue weighted by Crippen LogP contribution is -2.39. The van der Waals surface area contributed by atoms with E-state index in [1.54, 1.807) is 0 Å². The van der Waals surface area contributed by atoms with Gasteiger partial charge in [-0.15, -0.1) is 10.2 Å². The van der Waals surface area contributed by atoms with Crippen molar-refractivity contribution in [2.24, 2.45) is 5.92 Å². The molecule has 0 spiro atoms. The molecule has 1 aliphatic rings. The Hall–Kier alpha value is -2.79. The zero-order valence-electron chi connectivity index (χ0n) is 17.5. The maximum Gasteiger partial charge on any atom is 0.314 e. The van der Waals surface area contributed by atoms with E-state index < -0.39 is 40.7 Å². The molecule has 1 saturated heterocycles. The van der Waals surface area contributed by atoms with Crippen molar-refractivity contribution in [3.63, 3.8) is 0 Å². The molecule has 4 rings (SSSR count). The van der Waals surface area contributed by atoms with E-state index in [1.165, 1.54) is 29.2 Å². The fourth-order valence-corrected chi connectivity index (χ4v) is 5.10. The highest BCUT2D eigenvalue weighted by Crippen LogP contribution is 2.30. The molecule has 0 N–H and O–H groups in total. The Bertz CT molecular complexity index is 1230. The summed E-state index contributed by atoms with van der Waals surface area (Å²) in [6.45, 7) is -0.196. The second-order valence-electron chi connectivity index (χ2n) is 7.70. The van der Waals surface area contributed by atoms with Crippen LogP contribution in [0.2, 0.25) is 5.02 Å². The maximum atomic E-state index is 15.0. The average Bonchev–Trinajstić information content (AvgIpc) is 3.31. The fraction of sp³-hybridized carbons (Fsp3) is 0.318. The first-order valence-electron chi connectivity index (χ1n) is 10.2. The number of alkyl halides is 2. The number of nitrogens with zero attached hydrogens (tertiary/aromatic N) is 3. The van der Waals surface area contributed by atoms with Gasteiger partial charge in [0.2, 0.25) is 11.8 Å². The molecule has 0 atom stereocenters. The number of hydrogen-bond donors (Lipinski definition) is 0. The summed E-state index contributed by atoms with van der Waals surface area (Å²) in [7, 11) is -0.974. The van der Waals surface area contributed by atoms with Crippen LogP contribution in [0.25, 0.3) is 11.5 Å². The van der Waals surface area contributed by atoms with Crippen molar-refractivity contribution in [2.45, 2.75) is 25.8 Å². The van der Waals surface area contributed by atoms with E-state index in [9.17, 15) is 26.6 Å². The number of aromatic nitrogens is 2. The maximum absolute atomic E-state index is 15.0. The molecular weight excluding hydrogens is 498 g/mol. The molecule has 34 heavy (non-hydrogen) atoms. The summed E-state index contributed by atoms with van der Waals surface area (Å²) in [4.78, 5) is 14.6. The molecule has 6 nitrogen and oxygen atoms in total. The van der Waals surface area contributed by atoms with Gasteiger partial charge in [-0.2, -0.15) is 8.78 Å². The lowest BCUT2D eigenvalue weighted by atomic mass is 10.00. The van der Waals surface area contributed by atoms with Gasteiger partial charge >= 0.3 is 6.43 Å². The molecule has 0 unspecified atom stereocenters. The van der Waals surface area contributed by atoms with Crippen LogP contribution in [0.1, 0.15) is 30.7 Å². The largest absolute Gasteiger partial charge is 0.415 e. The molecule has 1 aliphatic heterocycles. The Kier molecular flexibility index (Phi) is 7.32. The van der Waals surface area contributed by atoms with Crippen LogP contribution < -0.4 is 4.90 Å². The van der Waals surface area contributed by atoms with Gasteiger partial charge in [0.25, 0.3) is 5.89 Å². The Morgan fingerprint density at radius 2 is 1.85 bits per heavy atom. The molecule has 180 valence electrons. The molecule has 0 aliphatic carbocycles. The monoisotopic (exact) mass is 515 g/mol. The van der Waals surface area contributed by atoms with Crippen molar-refractivity contribution < 1.29 is 31.0 Å². The Labute approximate surface area is 199 Å². The molecule has 1 aromatic heterocycles. The van der Waals surface area contributed by atoms with Gasteiger partial charge in [0.1, 0.15) is 11.6 Å². The van der Waals surface area contributed by atoms with E-state index in [-0.39, 0.29) is 40.2 Å². The van der Waals surface area contributed by atoms with Crippen LogP contribution in [0.4, 0.5) is 23.2 Å². The van der Waals surface area contributed by atoms with Crippen LogP contribution >= 0.6 is 11.6 Å². The highest BCUT2D eigenvalue weighted by atomic mass is 35.5. The Balaban J connectivity index is 1.63. The molecule has 0 bridgehead atoms. The standard InChI is InChI=1S/C22H18ClF4N3O3S/c23-16-10-15(3-4-17(16)24)30(22(31)12-5-7-34(32)8-6-12)11-14-2-1-13(9-18(14)25)20-28-29-21(33-20)19(26)27/h1-4,9-10,12,19H,5-8,11H2. The van der Waals surface area contributed by atoms with E-state index in [0.717, 1.165) is 12.1 Å². The normalized spacial score (nSPS) is 18.3. The fourth-order valence-electron chi connectivity index (χ4n) is 3.63. The third-order valence-corrected chi connectivity index (χ3v) is 7.15. The molecule has 1 fully saturated rings. The second kappa shape index (κ2) is 10.2. The molecule has 0 radical (unpaired) electrons. The number of benzene rings is 2. The number of hydrogen-bond acceptors (Lipinski definition) is 5. The van der Waals surface area contributed by atoms with Gasteiger partial charge in [-0.1, -0.05) is 17.7 Å². The third-order valence-electron chi connectivity index (χ3n) is 5.47. The van der Waals surface area contributed by atoms with Gasteiger partial charge in [-0.3, -0.25) is 9.00 Å². The minimum Gasteiger partial charge on any atom is -0.415 e. The van der Waals surface area contributed by atoms with Crippen LogP contribution in [0.15, 0.2) is 40.8 Å². The SMILES string of the molecule is O=C(C1CCS(=O)CC1)N(Cc1ccc(-c2nnc(C(F)F)o2)cc1F)c1ccc(F)c(Cl)c1. The number of carbonyl (C=O) groups is 1. The van der Waals surface area contributed by atoms with Crippen molar-refractivity contribution in [2.75, 3.05) is 16.4 Å². The van der Waals surface area contributed by atoms with Gasteiger partial charge in [0, 0.05) is 45.0 Å². The number of rotatable bonds is 6. The second-order valence-corrected chi connectivity index (χ2v) is 9.80. The van der Waals surface area contributed by atoms with Crippen LogP contribution in [-0.4, -0.2) is 31.8 Å². The van der Waals surface area contributed by atoms with Gasteiger partial charge in [-0.25, -0.2) is 8.78 Å². The molecule has 0 saturated carbocycles. The van der Waals surface area contributed by atoms with Gasteiger partial charge in [0.05, 0.1) is 11.6 Å². The molecule has 2 heterocycles. The van der Waals surface area contributed by atoms with Crippen molar-refractivity contribution in [3.8, 4) is 11.5 Å². The first-order valence-corrected chi connectivity index (χ1v) is 12.1.